The van der Waals surface area contributed by atoms with Crippen molar-refractivity contribution in [2.24, 2.45) is 0 Å². The number of halogens is 2. The predicted molar refractivity (Wildman–Crippen MR) is 85.2 cm³/mol. The first-order chi connectivity index (χ1) is 10.5. The van der Waals surface area contributed by atoms with E-state index in [-0.39, 0.29) is 30.4 Å². The molecule has 2 N–H and O–H groups in total. The second-order valence-electron chi connectivity index (χ2n) is 5.96. The van der Waals surface area contributed by atoms with Gasteiger partial charge in [-0.1, -0.05) is 24.3 Å². The second kappa shape index (κ2) is 8.87. The van der Waals surface area contributed by atoms with Gasteiger partial charge in [0, 0.05) is 12.1 Å². The molecule has 0 spiro atoms. The third-order valence-electron chi connectivity index (χ3n) is 3.38. The normalized spacial score (nSPS) is 11.0. The lowest BCUT2D eigenvalue weighted by Crippen LogP contribution is -3.00. The smallest absolute Gasteiger partial charge is 0.123 e. The zero-order valence-electron chi connectivity index (χ0n) is 13.4. The van der Waals surface area contributed by atoms with E-state index in [0.29, 0.717) is 13.2 Å². The molecule has 0 aliphatic rings. The van der Waals surface area contributed by atoms with Crippen LogP contribution in [0.5, 0.6) is 5.75 Å². The van der Waals surface area contributed by atoms with Crippen molar-refractivity contribution in [1.82, 2.24) is 5.32 Å². The molecule has 0 aromatic heterocycles. The summed E-state index contributed by atoms with van der Waals surface area (Å²) < 4.78 is 18.6. The van der Waals surface area contributed by atoms with Crippen LogP contribution < -0.4 is 22.5 Å². The molecule has 0 aliphatic carbocycles. The summed E-state index contributed by atoms with van der Waals surface area (Å²) in [5.74, 6) is 0.522. The molecule has 23 heavy (non-hydrogen) atoms. The predicted octanol–water partition coefficient (Wildman–Crippen LogP) is 0.269. The van der Waals surface area contributed by atoms with E-state index in [1.807, 2.05) is 38.1 Å². The number of hydrogen-bond acceptors (Lipinski definition) is 3. The molecule has 0 fully saturated rings. The summed E-state index contributed by atoms with van der Waals surface area (Å²) in [5, 5.41) is 12.5. The van der Waals surface area contributed by atoms with Gasteiger partial charge >= 0.3 is 0 Å². The van der Waals surface area contributed by atoms with Crippen LogP contribution in [0.2, 0.25) is 0 Å². The van der Waals surface area contributed by atoms with Crippen LogP contribution in [0.15, 0.2) is 48.5 Å². The van der Waals surface area contributed by atoms with Crippen LogP contribution in [0.1, 0.15) is 25.0 Å². The molecule has 0 aliphatic heterocycles. The second-order valence-corrected chi connectivity index (χ2v) is 5.96. The summed E-state index contributed by atoms with van der Waals surface area (Å²) in [4.78, 5) is 0. The Labute approximate surface area is 142 Å². The lowest BCUT2D eigenvalue weighted by molar-refractivity contribution is -0.00000655. The van der Waals surface area contributed by atoms with Gasteiger partial charge in [0.15, 0.2) is 0 Å². The zero-order chi connectivity index (χ0) is 16.0. The summed E-state index contributed by atoms with van der Waals surface area (Å²) in [6, 6.07) is 14.1. The van der Waals surface area contributed by atoms with Gasteiger partial charge in [-0.3, -0.25) is 0 Å². The van der Waals surface area contributed by atoms with Gasteiger partial charge in [-0.25, -0.2) is 4.39 Å². The zero-order valence-corrected chi connectivity index (χ0v) is 14.1. The fourth-order valence-corrected chi connectivity index (χ4v) is 1.89. The van der Waals surface area contributed by atoms with Crippen molar-refractivity contribution >= 4 is 0 Å². The van der Waals surface area contributed by atoms with E-state index in [2.05, 4.69) is 5.32 Å². The van der Waals surface area contributed by atoms with Gasteiger partial charge in [0.1, 0.15) is 18.2 Å². The van der Waals surface area contributed by atoms with Crippen LogP contribution in [-0.2, 0) is 13.2 Å². The Kier molecular flexibility index (Phi) is 7.49. The van der Waals surface area contributed by atoms with E-state index in [0.717, 1.165) is 16.9 Å². The first-order valence-corrected chi connectivity index (χ1v) is 7.30. The average molecular weight is 339 g/mol. The highest BCUT2D eigenvalue weighted by molar-refractivity contribution is 5.29. The molecule has 126 valence electrons. The Morgan fingerprint density at radius 2 is 1.78 bits per heavy atom. The highest BCUT2D eigenvalue weighted by Crippen LogP contribution is 2.16. The third-order valence-corrected chi connectivity index (χ3v) is 3.38. The molecule has 5 heteroatoms. The molecule has 0 amide bonds. The van der Waals surface area contributed by atoms with Crippen molar-refractivity contribution in [3.8, 4) is 5.75 Å². The lowest BCUT2D eigenvalue weighted by atomic mass is 10.1. The summed E-state index contributed by atoms with van der Waals surface area (Å²) in [6.07, 6.45) is 0. The van der Waals surface area contributed by atoms with Gasteiger partial charge in [0.2, 0.25) is 0 Å². The Morgan fingerprint density at radius 1 is 1.09 bits per heavy atom. The van der Waals surface area contributed by atoms with Crippen molar-refractivity contribution < 1.29 is 26.6 Å². The minimum absolute atomic E-state index is 0. The van der Waals surface area contributed by atoms with Crippen molar-refractivity contribution in [1.29, 1.82) is 0 Å². The number of rotatable bonds is 7. The molecular formula is C18H22ClFNO2-. The maximum absolute atomic E-state index is 12.8. The number of aliphatic hydroxyl groups is 1. The molecule has 3 nitrogen and oxygen atoms in total. The van der Waals surface area contributed by atoms with Gasteiger partial charge in [-0.05, 0) is 49.2 Å². The number of hydrogen-bond donors (Lipinski definition) is 2. The van der Waals surface area contributed by atoms with Crippen LogP contribution in [-0.4, -0.2) is 17.3 Å². The number of aliphatic hydroxyl groups excluding tert-OH is 1. The Balaban J connectivity index is 0.00000264. The van der Waals surface area contributed by atoms with E-state index < -0.39 is 0 Å². The molecule has 0 saturated carbocycles. The van der Waals surface area contributed by atoms with E-state index in [4.69, 9.17) is 4.74 Å². The molecular weight excluding hydrogens is 317 g/mol. The molecule has 0 radical (unpaired) electrons. The largest absolute Gasteiger partial charge is 1.00 e. The molecule has 2 rings (SSSR count). The van der Waals surface area contributed by atoms with Gasteiger partial charge in [0.05, 0.1) is 6.61 Å². The van der Waals surface area contributed by atoms with Gasteiger partial charge in [0.25, 0.3) is 0 Å². The number of ether oxygens (including phenoxy) is 1. The van der Waals surface area contributed by atoms with Crippen molar-refractivity contribution in [2.75, 3.05) is 6.61 Å². The maximum Gasteiger partial charge on any atom is 0.123 e. The molecule has 0 unspecified atom stereocenters. The lowest BCUT2D eigenvalue weighted by Gasteiger charge is -2.23. The molecule has 0 atom stereocenters. The highest BCUT2D eigenvalue weighted by Gasteiger charge is 2.14. The van der Waals surface area contributed by atoms with Crippen LogP contribution in [0.3, 0.4) is 0 Å². The van der Waals surface area contributed by atoms with Gasteiger partial charge in [-0.15, -0.1) is 0 Å². The standard InChI is InChI=1S/C18H22FNO2.ClH/c1-18(2,13-21)20-11-15-4-3-5-17(10-15)22-12-14-6-8-16(19)9-7-14;/h3-10,20-21H,11-13H2,1-2H3;1H/p-1. The number of benzene rings is 2. The molecule has 0 heterocycles. The Hall–Kier alpha value is -1.62. The minimum Gasteiger partial charge on any atom is -1.00 e. The first kappa shape index (κ1) is 19.4. The van der Waals surface area contributed by atoms with Gasteiger partial charge < -0.3 is 27.6 Å². The van der Waals surface area contributed by atoms with E-state index >= 15 is 0 Å². The minimum atomic E-state index is -0.315. The molecule has 2 aromatic carbocycles. The summed E-state index contributed by atoms with van der Waals surface area (Å²) in [7, 11) is 0. The Morgan fingerprint density at radius 3 is 2.43 bits per heavy atom. The Bertz CT molecular complexity index is 602. The van der Waals surface area contributed by atoms with E-state index in [1.165, 1.54) is 12.1 Å². The molecule has 2 aromatic rings. The molecule has 0 bridgehead atoms. The van der Waals surface area contributed by atoms with Gasteiger partial charge in [-0.2, -0.15) is 0 Å². The van der Waals surface area contributed by atoms with Crippen LogP contribution in [0.25, 0.3) is 0 Å². The van der Waals surface area contributed by atoms with Crippen LogP contribution >= 0.6 is 0 Å². The fourth-order valence-electron chi connectivity index (χ4n) is 1.89. The summed E-state index contributed by atoms with van der Waals surface area (Å²) in [5.41, 5.74) is 1.69. The SMILES string of the molecule is CC(C)(CO)NCc1cccc(OCc2ccc(F)cc2)c1.[Cl-]. The van der Waals surface area contributed by atoms with E-state index in [9.17, 15) is 9.50 Å². The van der Waals surface area contributed by atoms with Crippen molar-refractivity contribution in [3.63, 3.8) is 0 Å². The monoisotopic (exact) mass is 338 g/mol. The van der Waals surface area contributed by atoms with Crippen LogP contribution in [0, 0.1) is 5.82 Å². The van der Waals surface area contributed by atoms with Crippen molar-refractivity contribution in [2.45, 2.75) is 32.5 Å². The average Bonchev–Trinajstić information content (AvgIpc) is 2.53. The summed E-state index contributed by atoms with van der Waals surface area (Å²) >= 11 is 0. The van der Waals surface area contributed by atoms with E-state index in [1.54, 1.807) is 12.1 Å². The first-order valence-electron chi connectivity index (χ1n) is 7.30. The topological polar surface area (TPSA) is 41.5 Å². The highest BCUT2D eigenvalue weighted by atomic mass is 35.5. The maximum atomic E-state index is 12.8. The fraction of sp³-hybridized carbons (Fsp3) is 0.333. The summed E-state index contributed by atoms with van der Waals surface area (Å²) in [6.45, 7) is 5.03. The van der Waals surface area contributed by atoms with Crippen LogP contribution in [0.4, 0.5) is 4.39 Å². The quantitative estimate of drug-likeness (QED) is 0.761. The number of nitrogens with one attached hydrogen (secondary N) is 1. The van der Waals surface area contributed by atoms with Crippen molar-refractivity contribution in [3.05, 3.63) is 65.5 Å². The molecule has 0 saturated heterocycles. The third kappa shape index (κ3) is 6.57.